The topological polar surface area (TPSA) is 41.6 Å². The highest BCUT2D eigenvalue weighted by Crippen LogP contribution is 2.17. The van der Waals surface area contributed by atoms with Gasteiger partial charge in [0.2, 0.25) is 0 Å². The number of likely N-dealkylation sites (tertiary alicyclic amines) is 1. The second kappa shape index (κ2) is 8.18. The normalized spacial score (nSPS) is 16.7. The number of carbonyl (C=O) groups excluding carboxylic acids is 1. The van der Waals surface area contributed by atoms with E-state index in [0.29, 0.717) is 18.5 Å². The number of hydrogen-bond acceptors (Lipinski definition) is 3. The average molecular weight is 304 g/mol. The predicted octanol–water partition coefficient (Wildman–Crippen LogP) is 2.61. The van der Waals surface area contributed by atoms with Gasteiger partial charge in [0.05, 0.1) is 0 Å². The molecule has 0 radical (unpaired) electrons. The number of nitrogens with zero attached hydrogens (tertiary/aromatic N) is 1. The van der Waals surface area contributed by atoms with Crippen LogP contribution in [0.3, 0.4) is 0 Å². The zero-order valence-corrected chi connectivity index (χ0v) is 14.0. The summed E-state index contributed by atoms with van der Waals surface area (Å²) in [6.07, 6.45) is 2.54. The standard InChI is InChI=1S/C18H28N2O2/c1-14(2)17(20-10-4-5-11-20)12-19-18(21)13-22-16-8-6-15(3)7-9-16/h6-9,14,17H,4-5,10-13H2,1-3H3,(H,19,21). The Kier molecular flexibility index (Phi) is 6.25. The summed E-state index contributed by atoms with van der Waals surface area (Å²) in [4.78, 5) is 14.5. The molecular weight excluding hydrogens is 276 g/mol. The Balaban J connectivity index is 1.74. The Morgan fingerprint density at radius 3 is 2.45 bits per heavy atom. The largest absolute Gasteiger partial charge is 0.484 e. The maximum Gasteiger partial charge on any atom is 0.257 e. The maximum absolute atomic E-state index is 12.0. The molecular formula is C18H28N2O2. The van der Waals surface area contributed by atoms with E-state index < -0.39 is 0 Å². The van der Waals surface area contributed by atoms with Crippen LogP contribution in [0.15, 0.2) is 24.3 Å². The first-order valence-electron chi connectivity index (χ1n) is 8.26. The van der Waals surface area contributed by atoms with Gasteiger partial charge in [-0.1, -0.05) is 31.5 Å². The summed E-state index contributed by atoms with van der Waals surface area (Å²) in [5.74, 6) is 1.22. The van der Waals surface area contributed by atoms with Gasteiger partial charge in [-0.05, 0) is 50.9 Å². The first-order valence-corrected chi connectivity index (χ1v) is 8.26. The van der Waals surface area contributed by atoms with Crippen LogP contribution in [-0.4, -0.2) is 43.1 Å². The third kappa shape index (κ3) is 5.02. The smallest absolute Gasteiger partial charge is 0.257 e. The number of benzene rings is 1. The van der Waals surface area contributed by atoms with Gasteiger partial charge in [-0.15, -0.1) is 0 Å². The van der Waals surface area contributed by atoms with Gasteiger partial charge in [0, 0.05) is 12.6 Å². The molecule has 1 aliphatic rings. The first-order chi connectivity index (χ1) is 10.6. The molecule has 1 N–H and O–H groups in total. The molecule has 1 saturated heterocycles. The highest BCUT2D eigenvalue weighted by Gasteiger charge is 2.24. The molecule has 1 heterocycles. The van der Waals surface area contributed by atoms with Crippen LogP contribution < -0.4 is 10.1 Å². The van der Waals surface area contributed by atoms with Crippen LogP contribution in [-0.2, 0) is 4.79 Å². The van der Waals surface area contributed by atoms with Crippen molar-refractivity contribution < 1.29 is 9.53 Å². The van der Waals surface area contributed by atoms with E-state index in [-0.39, 0.29) is 12.5 Å². The molecule has 1 unspecified atom stereocenters. The summed E-state index contributed by atoms with van der Waals surface area (Å²) in [7, 11) is 0. The third-order valence-electron chi connectivity index (χ3n) is 4.28. The molecule has 1 fully saturated rings. The highest BCUT2D eigenvalue weighted by atomic mass is 16.5. The van der Waals surface area contributed by atoms with Crippen molar-refractivity contribution in [3.05, 3.63) is 29.8 Å². The van der Waals surface area contributed by atoms with Gasteiger partial charge >= 0.3 is 0 Å². The van der Waals surface area contributed by atoms with E-state index >= 15 is 0 Å². The van der Waals surface area contributed by atoms with Crippen molar-refractivity contribution in [2.24, 2.45) is 5.92 Å². The van der Waals surface area contributed by atoms with E-state index in [1.807, 2.05) is 31.2 Å². The lowest BCUT2D eigenvalue weighted by atomic mass is 10.0. The average Bonchev–Trinajstić information content (AvgIpc) is 3.00. The van der Waals surface area contributed by atoms with Crippen molar-refractivity contribution in [2.75, 3.05) is 26.2 Å². The second-order valence-corrected chi connectivity index (χ2v) is 6.46. The van der Waals surface area contributed by atoms with Gasteiger partial charge in [-0.2, -0.15) is 0 Å². The lowest BCUT2D eigenvalue weighted by molar-refractivity contribution is -0.123. The minimum Gasteiger partial charge on any atom is -0.484 e. The molecule has 1 aliphatic heterocycles. The number of ether oxygens (including phenoxy) is 1. The summed E-state index contributed by atoms with van der Waals surface area (Å²) < 4.78 is 5.52. The number of nitrogens with one attached hydrogen (secondary N) is 1. The summed E-state index contributed by atoms with van der Waals surface area (Å²) >= 11 is 0. The van der Waals surface area contributed by atoms with Crippen molar-refractivity contribution in [3.63, 3.8) is 0 Å². The zero-order chi connectivity index (χ0) is 15.9. The van der Waals surface area contributed by atoms with Crippen LogP contribution in [0.4, 0.5) is 0 Å². The molecule has 1 aromatic rings. The second-order valence-electron chi connectivity index (χ2n) is 6.46. The Labute approximate surface area is 133 Å². The minimum atomic E-state index is -0.0505. The summed E-state index contributed by atoms with van der Waals surface area (Å²) in [5, 5.41) is 3.02. The fourth-order valence-electron chi connectivity index (χ4n) is 2.91. The number of aryl methyl sites for hydroxylation is 1. The van der Waals surface area contributed by atoms with E-state index in [0.717, 1.165) is 18.8 Å². The Morgan fingerprint density at radius 1 is 1.23 bits per heavy atom. The van der Waals surface area contributed by atoms with Crippen LogP contribution >= 0.6 is 0 Å². The predicted molar refractivity (Wildman–Crippen MR) is 89.1 cm³/mol. The van der Waals surface area contributed by atoms with Gasteiger partial charge in [-0.25, -0.2) is 0 Å². The quantitative estimate of drug-likeness (QED) is 0.842. The molecule has 4 nitrogen and oxygen atoms in total. The van der Waals surface area contributed by atoms with E-state index in [4.69, 9.17) is 4.74 Å². The molecule has 0 bridgehead atoms. The van der Waals surface area contributed by atoms with Gasteiger partial charge in [0.25, 0.3) is 5.91 Å². The number of rotatable bonds is 7. The molecule has 122 valence electrons. The molecule has 0 aromatic heterocycles. The maximum atomic E-state index is 12.0. The van der Waals surface area contributed by atoms with Crippen LogP contribution in [0.5, 0.6) is 5.75 Å². The Bertz CT molecular complexity index is 464. The van der Waals surface area contributed by atoms with E-state index in [1.54, 1.807) is 0 Å². The fraction of sp³-hybridized carbons (Fsp3) is 0.611. The number of hydrogen-bond donors (Lipinski definition) is 1. The van der Waals surface area contributed by atoms with Crippen LogP contribution in [0.25, 0.3) is 0 Å². The lowest BCUT2D eigenvalue weighted by Gasteiger charge is -2.30. The minimum absolute atomic E-state index is 0.0505. The van der Waals surface area contributed by atoms with Crippen molar-refractivity contribution in [2.45, 2.75) is 39.7 Å². The molecule has 4 heteroatoms. The van der Waals surface area contributed by atoms with Crippen molar-refractivity contribution in [1.29, 1.82) is 0 Å². The molecule has 1 amide bonds. The van der Waals surface area contributed by atoms with Crippen molar-refractivity contribution in [3.8, 4) is 5.75 Å². The molecule has 2 rings (SSSR count). The molecule has 0 spiro atoms. The molecule has 1 aromatic carbocycles. The van der Waals surface area contributed by atoms with Crippen LogP contribution in [0.1, 0.15) is 32.3 Å². The SMILES string of the molecule is Cc1ccc(OCC(=O)NCC(C(C)C)N2CCCC2)cc1. The first kappa shape index (κ1) is 16.8. The monoisotopic (exact) mass is 304 g/mol. The Hall–Kier alpha value is -1.55. The molecule has 0 aliphatic carbocycles. The van der Waals surface area contributed by atoms with Gasteiger partial charge < -0.3 is 10.1 Å². The van der Waals surface area contributed by atoms with E-state index in [9.17, 15) is 4.79 Å². The highest BCUT2D eigenvalue weighted by molar-refractivity contribution is 5.77. The van der Waals surface area contributed by atoms with E-state index in [2.05, 4.69) is 24.1 Å². The number of amides is 1. The number of carbonyl (C=O) groups is 1. The van der Waals surface area contributed by atoms with Crippen molar-refractivity contribution in [1.82, 2.24) is 10.2 Å². The summed E-state index contributed by atoms with van der Waals surface area (Å²) in [6.45, 7) is 9.55. The third-order valence-corrected chi connectivity index (χ3v) is 4.28. The molecule has 0 saturated carbocycles. The van der Waals surface area contributed by atoms with Gasteiger partial charge in [0.15, 0.2) is 6.61 Å². The van der Waals surface area contributed by atoms with Crippen LogP contribution in [0, 0.1) is 12.8 Å². The fourth-order valence-corrected chi connectivity index (χ4v) is 2.91. The molecule has 1 atom stereocenters. The Morgan fingerprint density at radius 2 is 1.86 bits per heavy atom. The summed E-state index contributed by atoms with van der Waals surface area (Å²) in [5.41, 5.74) is 1.18. The van der Waals surface area contributed by atoms with Gasteiger partial charge in [-0.3, -0.25) is 9.69 Å². The lowest BCUT2D eigenvalue weighted by Crippen LogP contribution is -2.46. The van der Waals surface area contributed by atoms with Crippen LogP contribution in [0.2, 0.25) is 0 Å². The van der Waals surface area contributed by atoms with Gasteiger partial charge in [0.1, 0.15) is 5.75 Å². The molecule has 22 heavy (non-hydrogen) atoms. The van der Waals surface area contributed by atoms with Crippen molar-refractivity contribution >= 4 is 5.91 Å². The van der Waals surface area contributed by atoms with E-state index in [1.165, 1.54) is 18.4 Å². The summed E-state index contributed by atoms with van der Waals surface area (Å²) in [6, 6.07) is 8.17. The zero-order valence-electron chi connectivity index (χ0n) is 14.0.